The zero-order valence-corrected chi connectivity index (χ0v) is 17.6. The highest BCUT2D eigenvalue weighted by Crippen LogP contribution is 2.32. The Morgan fingerprint density at radius 3 is 2.69 bits per heavy atom. The number of nitriles is 1. The van der Waals surface area contributed by atoms with Crippen molar-refractivity contribution in [2.75, 3.05) is 6.61 Å². The Kier molecular flexibility index (Phi) is 7.88. The topological polar surface area (TPSA) is 62.1 Å². The molecule has 6 heteroatoms. The molecule has 0 aliphatic carbocycles. The van der Waals surface area contributed by atoms with Crippen molar-refractivity contribution in [3.63, 3.8) is 0 Å². The molecular weight excluding hydrogens is 507 g/mol. The minimum atomic E-state index is -0.408. The summed E-state index contributed by atoms with van der Waals surface area (Å²) in [6.07, 6.45) is 3.23. The number of rotatable bonds is 7. The van der Waals surface area contributed by atoms with E-state index in [1.165, 1.54) is 0 Å². The molecule has 0 atom stereocenters. The van der Waals surface area contributed by atoms with Gasteiger partial charge in [-0.2, -0.15) is 5.26 Å². The van der Waals surface area contributed by atoms with E-state index in [-0.39, 0.29) is 5.57 Å². The van der Waals surface area contributed by atoms with Crippen LogP contribution in [0, 0.1) is 14.9 Å². The SMILES string of the molecule is C=CCOc1c(Br)cc(/C=C(/C#N)C(=O)NCc2ccccc2)cc1I. The second kappa shape index (κ2) is 10.1. The normalized spacial score (nSPS) is 10.7. The quantitative estimate of drug-likeness (QED) is 0.245. The molecule has 2 aromatic carbocycles. The van der Waals surface area contributed by atoms with Crippen molar-refractivity contribution < 1.29 is 9.53 Å². The summed E-state index contributed by atoms with van der Waals surface area (Å²) in [5.74, 6) is 0.296. The Balaban J connectivity index is 2.16. The van der Waals surface area contributed by atoms with Crippen LogP contribution >= 0.6 is 38.5 Å². The molecule has 132 valence electrons. The van der Waals surface area contributed by atoms with Gasteiger partial charge in [0.15, 0.2) is 0 Å². The van der Waals surface area contributed by atoms with E-state index in [1.54, 1.807) is 12.2 Å². The molecule has 1 amide bonds. The third-order valence-corrected chi connectivity index (χ3v) is 4.73. The molecule has 0 bridgehead atoms. The number of hydrogen-bond acceptors (Lipinski definition) is 3. The molecule has 2 aromatic rings. The van der Waals surface area contributed by atoms with Gasteiger partial charge in [-0.15, -0.1) is 0 Å². The minimum Gasteiger partial charge on any atom is -0.487 e. The highest BCUT2D eigenvalue weighted by molar-refractivity contribution is 14.1. The molecule has 0 unspecified atom stereocenters. The van der Waals surface area contributed by atoms with Crippen LogP contribution in [0.15, 0.2) is 65.2 Å². The first-order valence-electron chi connectivity index (χ1n) is 7.71. The van der Waals surface area contributed by atoms with E-state index in [0.717, 1.165) is 19.2 Å². The number of halogens is 2. The van der Waals surface area contributed by atoms with E-state index in [0.29, 0.717) is 18.9 Å². The van der Waals surface area contributed by atoms with Crippen molar-refractivity contribution in [2.45, 2.75) is 6.54 Å². The van der Waals surface area contributed by atoms with Gasteiger partial charge in [-0.25, -0.2) is 0 Å². The molecule has 0 heterocycles. The van der Waals surface area contributed by atoms with Gasteiger partial charge in [-0.05, 0) is 67.9 Å². The highest BCUT2D eigenvalue weighted by Gasteiger charge is 2.12. The van der Waals surface area contributed by atoms with Crippen LogP contribution in [0.3, 0.4) is 0 Å². The van der Waals surface area contributed by atoms with E-state index in [9.17, 15) is 10.1 Å². The van der Waals surface area contributed by atoms with Crippen LogP contribution in [0.5, 0.6) is 5.75 Å². The van der Waals surface area contributed by atoms with Crippen LogP contribution in [0.1, 0.15) is 11.1 Å². The molecule has 1 N–H and O–H groups in total. The van der Waals surface area contributed by atoms with Crippen LogP contribution in [0.4, 0.5) is 0 Å². The van der Waals surface area contributed by atoms with E-state index >= 15 is 0 Å². The number of carbonyl (C=O) groups excluding carboxylic acids is 1. The number of benzene rings is 2. The van der Waals surface area contributed by atoms with Crippen molar-refractivity contribution in [2.24, 2.45) is 0 Å². The van der Waals surface area contributed by atoms with Gasteiger partial charge in [-0.3, -0.25) is 4.79 Å². The van der Waals surface area contributed by atoms with Gasteiger partial charge in [0, 0.05) is 6.54 Å². The summed E-state index contributed by atoms with van der Waals surface area (Å²) < 4.78 is 7.22. The summed E-state index contributed by atoms with van der Waals surface area (Å²) in [6.45, 7) is 4.40. The number of nitrogens with one attached hydrogen (secondary N) is 1. The minimum absolute atomic E-state index is 0.0448. The smallest absolute Gasteiger partial charge is 0.262 e. The predicted molar refractivity (Wildman–Crippen MR) is 114 cm³/mol. The number of nitrogens with zero attached hydrogens (tertiary/aromatic N) is 1. The van der Waals surface area contributed by atoms with Crippen molar-refractivity contribution in [3.05, 3.63) is 79.9 Å². The van der Waals surface area contributed by atoms with Crippen LogP contribution in [0.25, 0.3) is 6.08 Å². The van der Waals surface area contributed by atoms with Crippen molar-refractivity contribution in [3.8, 4) is 11.8 Å². The molecule has 4 nitrogen and oxygen atoms in total. The Morgan fingerprint density at radius 2 is 2.08 bits per heavy atom. The van der Waals surface area contributed by atoms with E-state index in [4.69, 9.17) is 4.74 Å². The molecule has 0 aliphatic rings. The number of carbonyl (C=O) groups is 1. The maximum atomic E-state index is 12.3. The molecule has 0 fully saturated rings. The van der Waals surface area contributed by atoms with Gasteiger partial charge in [0.2, 0.25) is 0 Å². The summed E-state index contributed by atoms with van der Waals surface area (Å²) in [6, 6.07) is 15.2. The van der Waals surface area contributed by atoms with Gasteiger partial charge >= 0.3 is 0 Å². The van der Waals surface area contributed by atoms with E-state index < -0.39 is 5.91 Å². The third-order valence-electron chi connectivity index (χ3n) is 3.34. The Bertz CT molecular complexity index is 850. The molecule has 0 saturated carbocycles. The summed E-state index contributed by atoms with van der Waals surface area (Å²) in [5.41, 5.74) is 1.75. The fraction of sp³-hybridized carbons (Fsp3) is 0.100. The van der Waals surface area contributed by atoms with Crippen molar-refractivity contribution in [1.29, 1.82) is 5.26 Å². The first-order valence-corrected chi connectivity index (χ1v) is 9.59. The lowest BCUT2D eigenvalue weighted by Crippen LogP contribution is -2.23. The zero-order chi connectivity index (χ0) is 18.9. The van der Waals surface area contributed by atoms with Crippen LogP contribution < -0.4 is 10.1 Å². The predicted octanol–water partition coefficient (Wildman–Crippen LogP) is 4.84. The van der Waals surface area contributed by atoms with Gasteiger partial charge < -0.3 is 10.1 Å². The zero-order valence-electron chi connectivity index (χ0n) is 13.8. The first kappa shape index (κ1) is 20.2. The van der Waals surface area contributed by atoms with Gasteiger partial charge in [0.05, 0.1) is 8.04 Å². The molecule has 0 aliphatic heterocycles. The second-order valence-electron chi connectivity index (χ2n) is 5.25. The molecule has 2 rings (SSSR count). The van der Waals surface area contributed by atoms with E-state index in [2.05, 4.69) is 50.4 Å². The van der Waals surface area contributed by atoms with Crippen LogP contribution in [-0.4, -0.2) is 12.5 Å². The summed E-state index contributed by atoms with van der Waals surface area (Å²) in [7, 11) is 0. The average molecular weight is 523 g/mol. The van der Waals surface area contributed by atoms with Crippen molar-refractivity contribution >= 4 is 50.5 Å². The molecule has 0 radical (unpaired) electrons. The first-order chi connectivity index (χ1) is 12.5. The summed E-state index contributed by atoms with van der Waals surface area (Å²) in [4.78, 5) is 12.3. The highest BCUT2D eigenvalue weighted by atomic mass is 127. The lowest BCUT2D eigenvalue weighted by molar-refractivity contribution is -0.117. The van der Waals surface area contributed by atoms with Crippen LogP contribution in [0.2, 0.25) is 0 Å². The third kappa shape index (κ3) is 5.71. The number of ether oxygens (including phenoxy) is 1. The maximum Gasteiger partial charge on any atom is 0.262 e. The van der Waals surface area contributed by atoms with Gasteiger partial charge in [0.25, 0.3) is 5.91 Å². The lowest BCUT2D eigenvalue weighted by Gasteiger charge is -2.10. The number of amides is 1. The van der Waals surface area contributed by atoms with E-state index in [1.807, 2.05) is 48.5 Å². The molecule has 0 spiro atoms. The average Bonchev–Trinajstić information content (AvgIpc) is 2.64. The Hall–Kier alpha value is -2.11. The maximum absolute atomic E-state index is 12.3. The largest absolute Gasteiger partial charge is 0.487 e. The molecular formula is C20H16BrIN2O2. The standard InChI is InChI=1S/C20H16BrIN2O2/c1-2-8-26-19-17(21)10-15(11-18(19)22)9-16(12-23)20(25)24-13-14-6-4-3-5-7-14/h2-7,9-11H,1,8,13H2,(H,24,25)/b16-9-. The monoisotopic (exact) mass is 522 g/mol. The molecule has 0 saturated heterocycles. The Labute approximate surface area is 174 Å². The fourth-order valence-corrected chi connectivity index (χ4v) is 3.90. The lowest BCUT2D eigenvalue weighted by atomic mass is 10.1. The summed E-state index contributed by atoms with van der Waals surface area (Å²) in [5, 5.41) is 12.1. The summed E-state index contributed by atoms with van der Waals surface area (Å²) >= 11 is 5.61. The van der Waals surface area contributed by atoms with Crippen LogP contribution in [-0.2, 0) is 11.3 Å². The van der Waals surface area contributed by atoms with Crippen molar-refractivity contribution in [1.82, 2.24) is 5.32 Å². The fourth-order valence-electron chi connectivity index (χ4n) is 2.13. The van der Waals surface area contributed by atoms with Gasteiger partial charge in [0.1, 0.15) is 24.0 Å². The number of hydrogen-bond donors (Lipinski definition) is 1. The second-order valence-corrected chi connectivity index (χ2v) is 7.27. The Morgan fingerprint density at radius 1 is 1.35 bits per heavy atom. The molecule has 0 aromatic heterocycles. The molecule has 26 heavy (non-hydrogen) atoms. The van der Waals surface area contributed by atoms with Gasteiger partial charge in [-0.1, -0.05) is 43.0 Å².